The second-order valence-corrected chi connectivity index (χ2v) is 5.12. The third-order valence-electron chi connectivity index (χ3n) is 3.25. The van der Waals surface area contributed by atoms with Gasteiger partial charge in [0.15, 0.2) is 11.6 Å². The highest BCUT2D eigenvalue weighted by atomic mass is 19.1. The molecular weight excluding hydrogens is 285 g/mol. The molecule has 4 nitrogen and oxygen atoms in total. The number of carbonyl (C=O) groups is 2. The van der Waals surface area contributed by atoms with Crippen molar-refractivity contribution in [1.29, 1.82) is 0 Å². The normalized spacial score (nSPS) is 10.4. The van der Waals surface area contributed by atoms with Gasteiger partial charge in [-0.15, -0.1) is 0 Å². The van der Waals surface area contributed by atoms with Crippen molar-refractivity contribution in [3.8, 4) is 5.75 Å². The van der Waals surface area contributed by atoms with Crippen LogP contribution in [0.25, 0.3) is 0 Å². The van der Waals surface area contributed by atoms with Crippen molar-refractivity contribution in [1.82, 2.24) is 4.90 Å². The van der Waals surface area contributed by atoms with Crippen LogP contribution in [0.1, 0.15) is 56.8 Å². The number of nitrogens with zero attached hydrogens (tertiary/aromatic N) is 1. The Balaban J connectivity index is 2.88. The monoisotopic (exact) mass is 309 g/mol. The number of hydrogen-bond acceptors (Lipinski definition) is 3. The first-order valence-corrected chi connectivity index (χ1v) is 7.82. The number of halogens is 1. The first-order valence-electron chi connectivity index (χ1n) is 7.82. The summed E-state index contributed by atoms with van der Waals surface area (Å²) in [6, 6.07) is 3.97. The smallest absolute Gasteiger partial charge is 0.310 e. The lowest BCUT2D eigenvalue weighted by atomic mass is 10.1. The number of benzene rings is 1. The Morgan fingerprint density at radius 1 is 1.14 bits per heavy atom. The molecule has 1 amide bonds. The number of esters is 1. The molecule has 0 atom stereocenters. The summed E-state index contributed by atoms with van der Waals surface area (Å²) in [6.07, 6.45) is 2.93. The van der Waals surface area contributed by atoms with Crippen LogP contribution in [0, 0.1) is 5.82 Å². The Hall–Kier alpha value is -1.91. The molecule has 0 aliphatic carbocycles. The minimum Gasteiger partial charge on any atom is -0.423 e. The highest BCUT2D eigenvalue weighted by Gasteiger charge is 2.17. The van der Waals surface area contributed by atoms with Crippen molar-refractivity contribution < 1.29 is 18.7 Å². The average Bonchev–Trinajstić information content (AvgIpc) is 2.52. The topological polar surface area (TPSA) is 46.6 Å². The van der Waals surface area contributed by atoms with Gasteiger partial charge in [0, 0.05) is 25.1 Å². The summed E-state index contributed by atoms with van der Waals surface area (Å²) in [6.45, 7) is 7.00. The Morgan fingerprint density at radius 3 is 2.41 bits per heavy atom. The van der Waals surface area contributed by atoms with Crippen LogP contribution in [-0.2, 0) is 4.79 Å². The third kappa shape index (κ3) is 5.13. The molecule has 0 aromatic heterocycles. The zero-order chi connectivity index (χ0) is 16.5. The summed E-state index contributed by atoms with van der Waals surface area (Å²) in [5.41, 5.74) is 0.276. The van der Waals surface area contributed by atoms with Gasteiger partial charge >= 0.3 is 5.97 Å². The van der Waals surface area contributed by atoms with Gasteiger partial charge < -0.3 is 9.64 Å². The number of amides is 1. The zero-order valence-corrected chi connectivity index (χ0v) is 13.5. The van der Waals surface area contributed by atoms with E-state index in [2.05, 4.69) is 6.92 Å². The summed E-state index contributed by atoms with van der Waals surface area (Å²) in [4.78, 5) is 25.4. The van der Waals surface area contributed by atoms with Gasteiger partial charge in [-0.1, -0.05) is 27.2 Å². The summed E-state index contributed by atoms with van der Waals surface area (Å²) >= 11 is 0. The van der Waals surface area contributed by atoms with E-state index < -0.39 is 11.8 Å². The van der Waals surface area contributed by atoms with Gasteiger partial charge in [0.05, 0.1) is 0 Å². The van der Waals surface area contributed by atoms with Gasteiger partial charge in [-0.3, -0.25) is 9.59 Å². The van der Waals surface area contributed by atoms with Crippen LogP contribution in [0.2, 0.25) is 0 Å². The first kappa shape index (κ1) is 18.1. The highest BCUT2D eigenvalue weighted by molar-refractivity contribution is 5.94. The standard InChI is InChI=1S/C17H24FNO3/c1-4-7-11-19(10-5-2)17(21)13-8-9-15(14(18)12-13)22-16(20)6-3/h8-9,12H,4-7,10-11H2,1-3H3. The van der Waals surface area contributed by atoms with Crippen molar-refractivity contribution in [3.05, 3.63) is 29.6 Å². The molecular formula is C17H24FNO3. The maximum absolute atomic E-state index is 14.0. The number of carbonyl (C=O) groups excluding carboxylic acids is 2. The molecule has 0 spiro atoms. The minimum absolute atomic E-state index is 0.140. The van der Waals surface area contributed by atoms with Crippen molar-refractivity contribution in [2.45, 2.75) is 46.5 Å². The van der Waals surface area contributed by atoms with Gasteiger partial charge in [-0.2, -0.15) is 0 Å². The second-order valence-electron chi connectivity index (χ2n) is 5.12. The minimum atomic E-state index is -0.695. The maximum Gasteiger partial charge on any atom is 0.310 e. The zero-order valence-electron chi connectivity index (χ0n) is 13.5. The Bertz CT molecular complexity index is 517. The second kappa shape index (κ2) is 9.18. The molecule has 0 aliphatic heterocycles. The molecule has 22 heavy (non-hydrogen) atoms. The molecule has 0 radical (unpaired) electrons. The lowest BCUT2D eigenvalue weighted by molar-refractivity contribution is -0.134. The molecule has 0 saturated heterocycles. The van der Waals surface area contributed by atoms with E-state index in [4.69, 9.17) is 4.74 Å². The Kier molecular flexibility index (Phi) is 7.57. The summed E-state index contributed by atoms with van der Waals surface area (Å²) in [7, 11) is 0. The summed E-state index contributed by atoms with van der Waals surface area (Å²) < 4.78 is 18.8. The van der Waals surface area contributed by atoms with E-state index >= 15 is 0 Å². The van der Waals surface area contributed by atoms with E-state index in [9.17, 15) is 14.0 Å². The van der Waals surface area contributed by atoms with Gasteiger partial charge in [0.2, 0.25) is 0 Å². The van der Waals surface area contributed by atoms with E-state index in [-0.39, 0.29) is 23.6 Å². The van der Waals surface area contributed by atoms with Gasteiger partial charge in [-0.25, -0.2) is 4.39 Å². The number of ether oxygens (including phenoxy) is 1. The molecule has 1 aromatic rings. The van der Waals surface area contributed by atoms with Gasteiger partial charge in [-0.05, 0) is 31.0 Å². The maximum atomic E-state index is 14.0. The molecule has 1 aromatic carbocycles. The van der Waals surface area contributed by atoms with Crippen LogP contribution < -0.4 is 4.74 Å². The van der Waals surface area contributed by atoms with Crippen molar-refractivity contribution in [2.75, 3.05) is 13.1 Å². The lowest BCUT2D eigenvalue weighted by Crippen LogP contribution is -2.32. The largest absolute Gasteiger partial charge is 0.423 e. The lowest BCUT2D eigenvalue weighted by Gasteiger charge is -2.22. The van der Waals surface area contributed by atoms with Crippen LogP contribution in [0.4, 0.5) is 4.39 Å². The van der Waals surface area contributed by atoms with Crippen molar-refractivity contribution in [3.63, 3.8) is 0 Å². The fourth-order valence-electron chi connectivity index (χ4n) is 2.03. The molecule has 0 aliphatic rings. The quantitative estimate of drug-likeness (QED) is 0.542. The molecule has 0 unspecified atom stereocenters. The van der Waals surface area contributed by atoms with Crippen LogP contribution in [0.3, 0.4) is 0 Å². The fourth-order valence-corrected chi connectivity index (χ4v) is 2.03. The fraction of sp³-hybridized carbons (Fsp3) is 0.529. The van der Waals surface area contributed by atoms with Crippen LogP contribution >= 0.6 is 0 Å². The van der Waals surface area contributed by atoms with E-state index in [0.717, 1.165) is 25.3 Å². The predicted molar refractivity (Wildman–Crippen MR) is 83.4 cm³/mol. The number of rotatable bonds is 8. The SMILES string of the molecule is CCCCN(CCC)C(=O)c1ccc(OC(=O)CC)c(F)c1. The van der Waals surface area contributed by atoms with E-state index in [1.54, 1.807) is 11.8 Å². The molecule has 5 heteroatoms. The van der Waals surface area contributed by atoms with Crippen molar-refractivity contribution in [2.24, 2.45) is 0 Å². The third-order valence-corrected chi connectivity index (χ3v) is 3.25. The van der Waals surface area contributed by atoms with E-state index in [1.165, 1.54) is 12.1 Å². The first-order chi connectivity index (χ1) is 10.5. The van der Waals surface area contributed by atoms with Crippen LogP contribution in [-0.4, -0.2) is 29.9 Å². The summed E-state index contributed by atoms with van der Waals surface area (Å²) in [5, 5.41) is 0. The molecule has 0 saturated carbocycles. The molecule has 0 N–H and O–H groups in total. The van der Waals surface area contributed by atoms with Crippen LogP contribution in [0.5, 0.6) is 5.75 Å². The molecule has 0 heterocycles. The molecule has 0 bridgehead atoms. The Labute approximate surface area is 131 Å². The molecule has 0 fully saturated rings. The number of hydrogen-bond donors (Lipinski definition) is 0. The molecule has 122 valence electrons. The van der Waals surface area contributed by atoms with Crippen molar-refractivity contribution >= 4 is 11.9 Å². The van der Waals surface area contributed by atoms with E-state index in [0.29, 0.717) is 13.1 Å². The highest BCUT2D eigenvalue weighted by Crippen LogP contribution is 2.20. The predicted octanol–water partition coefficient (Wildman–Crippen LogP) is 3.79. The molecule has 1 rings (SSSR count). The van der Waals surface area contributed by atoms with Gasteiger partial charge in [0.1, 0.15) is 0 Å². The van der Waals surface area contributed by atoms with E-state index in [1.807, 2.05) is 6.92 Å². The average molecular weight is 309 g/mol. The Morgan fingerprint density at radius 2 is 1.86 bits per heavy atom. The number of unbranched alkanes of at least 4 members (excludes halogenated alkanes) is 1. The van der Waals surface area contributed by atoms with Crippen LogP contribution in [0.15, 0.2) is 18.2 Å². The summed E-state index contributed by atoms with van der Waals surface area (Å²) in [5.74, 6) is -1.53. The van der Waals surface area contributed by atoms with Gasteiger partial charge in [0.25, 0.3) is 5.91 Å².